The maximum absolute atomic E-state index is 10.1. The summed E-state index contributed by atoms with van der Waals surface area (Å²) >= 11 is 6.56. The third kappa shape index (κ3) is 5.85. The van der Waals surface area contributed by atoms with Gasteiger partial charge in [0.2, 0.25) is 0 Å². The highest BCUT2D eigenvalue weighted by Crippen LogP contribution is 2.33. The molecule has 2 aromatic carbocycles. The highest BCUT2D eigenvalue weighted by molar-refractivity contribution is 6.31. The molecule has 0 atom stereocenters. The Morgan fingerprint density at radius 1 is 0.917 bits per heavy atom. The van der Waals surface area contributed by atoms with Gasteiger partial charge in [0.05, 0.1) is 16.6 Å². The predicted octanol–water partition coefficient (Wildman–Crippen LogP) is 8.85. The van der Waals surface area contributed by atoms with Crippen LogP contribution >= 0.6 is 11.6 Å². The number of nitrogens with one attached hydrogen (secondary N) is 1. The zero-order chi connectivity index (χ0) is 25.3. The normalized spacial score (nSPS) is 11.3. The summed E-state index contributed by atoms with van der Waals surface area (Å²) in [5.74, 6) is 1.02. The molecule has 36 heavy (non-hydrogen) atoms. The van der Waals surface area contributed by atoms with Crippen LogP contribution in [-0.4, -0.2) is 15.9 Å². The molecule has 0 fully saturated rings. The lowest BCUT2D eigenvalue weighted by molar-refractivity contribution is 0.569. The molecular formula is C31H37ClN4. The number of rotatable bonds is 13. The van der Waals surface area contributed by atoms with Gasteiger partial charge in [0.25, 0.3) is 0 Å². The van der Waals surface area contributed by atoms with E-state index in [4.69, 9.17) is 16.6 Å². The van der Waals surface area contributed by atoms with Crippen LogP contribution in [-0.2, 0) is 6.42 Å². The lowest BCUT2D eigenvalue weighted by atomic mass is 9.97. The maximum Gasteiger partial charge on any atom is 0.157 e. The van der Waals surface area contributed by atoms with Gasteiger partial charge >= 0.3 is 0 Å². The Labute approximate surface area is 220 Å². The number of halogens is 1. The van der Waals surface area contributed by atoms with E-state index in [2.05, 4.69) is 34.8 Å². The van der Waals surface area contributed by atoms with Crippen LogP contribution in [0.2, 0.25) is 5.02 Å². The molecule has 1 N–H and O–H groups in total. The van der Waals surface area contributed by atoms with E-state index in [1.807, 2.05) is 43.3 Å². The third-order valence-corrected chi connectivity index (χ3v) is 7.50. The van der Waals surface area contributed by atoms with Gasteiger partial charge in [0, 0.05) is 23.6 Å². The Kier molecular flexibility index (Phi) is 9.25. The SMILES string of the molecule is CCCCCCCCCCCNc1c(Cc2ccccc2Cl)c(C)c(C#N)c2nc3ccccc3n12. The van der Waals surface area contributed by atoms with Crippen molar-refractivity contribution in [2.75, 3.05) is 11.9 Å². The molecule has 0 aliphatic heterocycles. The van der Waals surface area contributed by atoms with Gasteiger partial charge < -0.3 is 5.32 Å². The molecule has 0 radical (unpaired) electrons. The van der Waals surface area contributed by atoms with Crippen LogP contribution in [0.1, 0.15) is 87.0 Å². The Morgan fingerprint density at radius 3 is 2.31 bits per heavy atom. The Morgan fingerprint density at radius 2 is 1.58 bits per heavy atom. The molecule has 0 aliphatic rings. The summed E-state index contributed by atoms with van der Waals surface area (Å²) in [7, 11) is 0. The van der Waals surface area contributed by atoms with Crippen molar-refractivity contribution in [3.63, 3.8) is 0 Å². The van der Waals surface area contributed by atoms with Crippen molar-refractivity contribution in [2.45, 2.75) is 78.1 Å². The molecule has 0 amide bonds. The molecule has 2 aromatic heterocycles. The fourth-order valence-electron chi connectivity index (χ4n) is 5.06. The quantitative estimate of drug-likeness (QED) is 0.186. The first-order valence-corrected chi connectivity index (χ1v) is 13.8. The topological polar surface area (TPSA) is 53.1 Å². The van der Waals surface area contributed by atoms with Gasteiger partial charge in [-0.15, -0.1) is 0 Å². The van der Waals surface area contributed by atoms with E-state index < -0.39 is 0 Å². The van der Waals surface area contributed by atoms with E-state index >= 15 is 0 Å². The standard InChI is InChI=1S/C31H37ClN4/c1-3-4-5-6-7-8-9-10-15-20-34-30-25(21-24-16-11-12-17-27(24)32)23(2)26(22-33)31-35-28-18-13-14-19-29(28)36(30)31/h11-14,16-19,34H,3-10,15,20-21H2,1-2H3. The van der Waals surface area contributed by atoms with Crippen LogP contribution in [0.3, 0.4) is 0 Å². The first-order valence-electron chi connectivity index (χ1n) is 13.5. The minimum absolute atomic E-state index is 0.627. The van der Waals surface area contributed by atoms with Gasteiger partial charge in [0.15, 0.2) is 5.65 Å². The van der Waals surface area contributed by atoms with Crippen molar-refractivity contribution in [1.82, 2.24) is 9.38 Å². The molecule has 0 bridgehead atoms. The van der Waals surface area contributed by atoms with E-state index in [9.17, 15) is 5.26 Å². The summed E-state index contributed by atoms with van der Waals surface area (Å²) in [5, 5.41) is 14.6. The smallest absolute Gasteiger partial charge is 0.157 e. The van der Waals surface area contributed by atoms with Crippen molar-refractivity contribution in [1.29, 1.82) is 5.26 Å². The van der Waals surface area contributed by atoms with E-state index in [-0.39, 0.29) is 0 Å². The van der Waals surface area contributed by atoms with E-state index in [0.29, 0.717) is 17.6 Å². The molecule has 2 heterocycles. The highest BCUT2D eigenvalue weighted by Gasteiger charge is 2.21. The summed E-state index contributed by atoms with van der Waals surface area (Å²) in [6.45, 7) is 5.19. The number of para-hydroxylation sites is 2. The fraction of sp³-hybridized carbons (Fsp3) is 0.419. The minimum atomic E-state index is 0.627. The summed E-state index contributed by atoms with van der Waals surface area (Å²) in [4.78, 5) is 4.85. The molecule has 0 unspecified atom stereocenters. The van der Waals surface area contributed by atoms with Crippen LogP contribution in [0.4, 0.5) is 5.82 Å². The van der Waals surface area contributed by atoms with Gasteiger partial charge in [0.1, 0.15) is 11.9 Å². The monoisotopic (exact) mass is 500 g/mol. The summed E-state index contributed by atoms with van der Waals surface area (Å²) in [6.07, 6.45) is 12.4. The molecule has 188 valence electrons. The van der Waals surface area contributed by atoms with E-state index in [1.165, 1.54) is 51.4 Å². The van der Waals surface area contributed by atoms with Gasteiger partial charge in [-0.25, -0.2) is 4.98 Å². The second kappa shape index (κ2) is 12.8. The average molecular weight is 501 g/mol. The third-order valence-electron chi connectivity index (χ3n) is 7.13. The van der Waals surface area contributed by atoms with Gasteiger partial charge in [-0.1, -0.05) is 100 Å². The molecule has 0 spiro atoms. The molecule has 4 aromatic rings. The highest BCUT2D eigenvalue weighted by atomic mass is 35.5. The van der Waals surface area contributed by atoms with Gasteiger partial charge in [-0.2, -0.15) is 5.26 Å². The first-order chi connectivity index (χ1) is 17.7. The van der Waals surface area contributed by atoms with Crippen molar-refractivity contribution >= 4 is 34.1 Å². The largest absolute Gasteiger partial charge is 0.371 e. The van der Waals surface area contributed by atoms with Crippen LogP contribution in [0, 0.1) is 18.3 Å². The fourth-order valence-corrected chi connectivity index (χ4v) is 5.26. The lowest BCUT2D eigenvalue weighted by Crippen LogP contribution is -2.13. The minimum Gasteiger partial charge on any atom is -0.371 e. The summed E-state index contributed by atoms with van der Waals surface area (Å²) in [6, 6.07) is 18.5. The number of benzene rings is 2. The average Bonchev–Trinajstić information content (AvgIpc) is 3.27. The number of hydrogen-bond donors (Lipinski definition) is 1. The van der Waals surface area contributed by atoms with Gasteiger partial charge in [-0.3, -0.25) is 4.40 Å². The van der Waals surface area contributed by atoms with E-state index in [1.54, 1.807) is 0 Å². The summed E-state index contributed by atoms with van der Waals surface area (Å²) in [5.41, 5.74) is 6.38. The van der Waals surface area contributed by atoms with Crippen LogP contribution < -0.4 is 5.32 Å². The zero-order valence-electron chi connectivity index (χ0n) is 21.6. The zero-order valence-corrected chi connectivity index (χ0v) is 22.4. The molecule has 4 rings (SSSR count). The van der Waals surface area contributed by atoms with Crippen LogP contribution in [0.25, 0.3) is 16.7 Å². The lowest BCUT2D eigenvalue weighted by Gasteiger charge is -2.19. The number of anilines is 1. The Bertz CT molecular complexity index is 1350. The Hall–Kier alpha value is -3.03. The number of hydrogen-bond acceptors (Lipinski definition) is 3. The molecule has 4 nitrogen and oxygen atoms in total. The van der Waals surface area contributed by atoms with Gasteiger partial charge in [-0.05, 0) is 42.7 Å². The maximum atomic E-state index is 10.1. The number of nitriles is 1. The van der Waals surface area contributed by atoms with Crippen LogP contribution in [0.15, 0.2) is 48.5 Å². The number of nitrogens with zero attached hydrogens (tertiary/aromatic N) is 3. The second-order valence-corrected chi connectivity index (χ2v) is 10.1. The van der Waals surface area contributed by atoms with Crippen molar-refractivity contribution in [3.8, 4) is 6.07 Å². The first kappa shape index (κ1) is 26.0. The molecule has 0 saturated carbocycles. The molecular weight excluding hydrogens is 464 g/mol. The number of aromatic nitrogens is 2. The van der Waals surface area contributed by atoms with E-state index in [0.717, 1.165) is 51.5 Å². The molecule has 5 heteroatoms. The Balaban J connectivity index is 1.60. The molecule has 0 aliphatic carbocycles. The molecule has 0 saturated heterocycles. The summed E-state index contributed by atoms with van der Waals surface area (Å²) < 4.78 is 2.14. The number of pyridine rings is 1. The predicted molar refractivity (Wildman–Crippen MR) is 152 cm³/mol. The number of imidazole rings is 1. The second-order valence-electron chi connectivity index (χ2n) is 9.72. The van der Waals surface area contributed by atoms with Crippen molar-refractivity contribution in [3.05, 3.63) is 75.8 Å². The van der Waals surface area contributed by atoms with Crippen LogP contribution in [0.5, 0.6) is 0 Å². The number of unbranched alkanes of at least 4 members (excludes halogenated alkanes) is 8. The van der Waals surface area contributed by atoms with Crippen molar-refractivity contribution in [2.24, 2.45) is 0 Å². The number of fused-ring (bicyclic) bond motifs is 3. The van der Waals surface area contributed by atoms with Crippen molar-refractivity contribution < 1.29 is 0 Å².